The highest BCUT2D eigenvalue weighted by Gasteiger charge is 2.29. The lowest BCUT2D eigenvalue weighted by Crippen LogP contribution is -2.27. The summed E-state index contributed by atoms with van der Waals surface area (Å²) in [5, 5.41) is 0. The van der Waals surface area contributed by atoms with Crippen molar-refractivity contribution in [1.82, 2.24) is 0 Å². The van der Waals surface area contributed by atoms with Gasteiger partial charge < -0.3 is 10.3 Å². The van der Waals surface area contributed by atoms with Crippen molar-refractivity contribution in [3.8, 4) is 0 Å². The van der Waals surface area contributed by atoms with Gasteiger partial charge in [0.15, 0.2) is 0 Å². The first-order valence-electron chi connectivity index (χ1n) is 4.20. The standard InChI is InChI=1S/C8H12N2O3S/c1-2-13-8(12)7(10-9)6(11)4-3-5-14/h14H,2-5H2,1H3. The summed E-state index contributed by atoms with van der Waals surface area (Å²) in [5.74, 6) is -0.882. The maximum Gasteiger partial charge on any atom is 0.441 e. The summed E-state index contributed by atoms with van der Waals surface area (Å²) < 4.78 is 4.53. The minimum atomic E-state index is -0.890. The summed E-state index contributed by atoms with van der Waals surface area (Å²) in [4.78, 5) is 24.9. The highest BCUT2D eigenvalue weighted by Crippen LogP contribution is 1.95. The van der Waals surface area contributed by atoms with E-state index >= 15 is 0 Å². The summed E-state index contributed by atoms with van der Waals surface area (Å²) in [5.41, 5.74) is 7.89. The number of nitrogens with zero attached hydrogens (tertiary/aromatic N) is 2. The normalized spacial score (nSPS) is 9.00. The van der Waals surface area contributed by atoms with Gasteiger partial charge in [-0.05, 0) is 19.1 Å². The lowest BCUT2D eigenvalue weighted by atomic mass is 10.1. The number of ketones is 1. The lowest BCUT2D eigenvalue weighted by molar-refractivity contribution is -0.141. The quantitative estimate of drug-likeness (QED) is 0.175. The Morgan fingerprint density at radius 1 is 1.50 bits per heavy atom. The van der Waals surface area contributed by atoms with Gasteiger partial charge in [0.2, 0.25) is 0 Å². The van der Waals surface area contributed by atoms with E-state index in [1.165, 1.54) is 0 Å². The molecule has 0 radical (unpaired) electrons. The summed E-state index contributed by atoms with van der Waals surface area (Å²) in [6.07, 6.45) is 0.655. The van der Waals surface area contributed by atoms with E-state index in [2.05, 4.69) is 22.2 Å². The van der Waals surface area contributed by atoms with Crippen LogP contribution in [0.1, 0.15) is 19.8 Å². The van der Waals surface area contributed by atoms with Gasteiger partial charge in [0.25, 0.3) is 5.78 Å². The fraction of sp³-hybridized carbons (Fsp3) is 0.625. The number of hydrogen-bond donors (Lipinski definition) is 1. The molecule has 0 unspecified atom stereocenters. The van der Waals surface area contributed by atoms with Gasteiger partial charge in [-0.2, -0.15) is 17.4 Å². The van der Waals surface area contributed by atoms with Crippen LogP contribution in [-0.4, -0.2) is 34.6 Å². The topological polar surface area (TPSA) is 79.8 Å². The molecule has 0 saturated heterocycles. The molecule has 0 aromatic carbocycles. The zero-order chi connectivity index (χ0) is 11.0. The van der Waals surface area contributed by atoms with Crippen LogP contribution in [0.25, 0.3) is 5.53 Å². The SMILES string of the molecule is CCOC(=O)C(=[N+]=[N-])C(=O)CCCS. The predicted molar refractivity (Wildman–Crippen MR) is 53.4 cm³/mol. The van der Waals surface area contributed by atoms with E-state index in [0.717, 1.165) is 0 Å². The van der Waals surface area contributed by atoms with Gasteiger partial charge >= 0.3 is 11.7 Å². The molecule has 0 spiro atoms. The average molecular weight is 216 g/mol. The van der Waals surface area contributed by atoms with Gasteiger partial charge in [0.1, 0.15) is 0 Å². The number of Topliss-reactive ketones (excluding diaryl/α,β-unsaturated/α-hetero) is 1. The first-order valence-corrected chi connectivity index (χ1v) is 4.83. The van der Waals surface area contributed by atoms with Crippen molar-refractivity contribution in [1.29, 1.82) is 0 Å². The van der Waals surface area contributed by atoms with Crippen LogP contribution in [0.3, 0.4) is 0 Å². The molecule has 0 aliphatic carbocycles. The first kappa shape index (κ1) is 12.9. The van der Waals surface area contributed by atoms with Crippen LogP contribution in [0.15, 0.2) is 0 Å². The molecule has 0 aromatic heterocycles. The zero-order valence-electron chi connectivity index (χ0n) is 7.89. The molecule has 0 aromatic rings. The second-order valence-corrected chi connectivity index (χ2v) is 2.87. The molecular formula is C8H12N2O3S. The maximum absolute atomic E-state index is 11.2. The number of carbonyl (C=O) groups is 2. The van der Waals surface area contributed by atoms with E-state index in [1.807, 2.05) is 0 Å². The number of ether oxygens (including phenoxy) is 1. The van der Waals surface area contributed by atoms with Gasteiger partial charge in [0.05, 0.1) is 6.61 Å². The molecular weight excluding hydrogens is 204 g/mol. The number of rotatable bonds is 6. The van der Waals surface area contributed by atoms with Gasteiger partial charge in [-0.3, -0.25) is 4.79 Å². The van der Waals surface area contributed by atoms with E-state index in [-0.39, 0.29) is 13.0 Å². The molecule has 0 heterocycles. The van der Waals surface area contributed by atoms with Crippen molar-refractivity contribution in [2.24, 2.45) is 0 Å². The molecule has 0 aliphatic heterocycles. The molecule has 0 N–H and O–H groups in total. The summed E-state index contributed by atoms with van der Waals surface area (Å²) in [6, 6.07) is 0. The second-order valence-electron chi connectivity index (χ2n) is 2.42. The Labute approximate surface area is 87.5 Å². The van der Waals surface area contributed by atoms with Gasteiger partial charge in [0, 0.05) is 6.42 Å². The smallest absolute Gasteiger partial charge is 0.441 e. The molecule has 0 rings (SSSR count). The molecule has 0 saturated carbocycles. The monoisotopic (exact) mass is 216 g/mol. The summed E-state index contributed by atoms with van der Waals surface area (Å²) >= 11 is 3.92. The van der Waals surface area contributed by atoms with Gasteiger partial charge in [-0.1, -0.05) is 0 Å². The highest BCUT2D eigenvalue weighted by molar-refractivity contribution is 7.80. The maximum atomic E-state index is 11.2. The molecule has 0 atom stereocenters. The summed E-state index contributed by atoms with van der Waals surface area (Å²) in [6.45, 7) is 1.74. The number of carbonyl (C=O) groups excluding carboxylic acids is 2. The Balaban J connectivity index is 4.35. The molecule has 0 amide bonds. The Morgan fingerprint density at radius 3 is 2.57 bits per heavy atom. The third kappa shape index (κ3) is 4.20. The van der Waals surface area contributed by atoms with Gasteiger partial charge in [-0.15, -0.1) is 0 Å². The van der Waals surface area contributed by atoms with Crippen molar-refractivity contribution >= 4 is 30.1 Å². The minimum absolute atomic E-state index is 0.127. The Hall–Kier alpha value is -1.13. The largest absolute Gasteiger partial charge is 0.457 e. The number of hydrogen-bond acceptors (Lipinski definition) is 4. The van der Waals surface area contributed by atoms with E-state index in [0.29, 0.717) is 12.2 Å². The fourth-order valence-corrected chi connectivity index (χ4v) is 0.926. The Morgan fingerprint density at radius 2 is 2.14 bits per heavy atom. The van der Waals surface area contributed by atoms with Crippen molar-refractivity contribution in [2.75, 3.05) is 12.4 Å². The molecule has 14 heavy (non-hydrogen) atoms. The van der Waals surface area contributed by atoms with Crippen LogP contribution >= 0.6 is 12.6 Å². The van der Waals surface area contributed by atoms with Crippen molar-refractivity contribution in [2.45, 2.75) is 19.8 Å². The number of esters is 1. The minimum Gasteiger partial charge on any atom is -0.457 e. The fourth-order valence-electron chi connectivity index (χ4n) is 0.768. The van der Waals surface area contributed by atoms with Crippen LogP contribution < -0.4 is 0 Å². The van der Waals surface area contributed by atoms with Crippen LogP contribution in [0.4, 0.5) is 0 Å². The van der Waals surface area contributed by atoms with Crippen molar-refractivity contribution in [3.63, 3.8) is 0 Å². The van der Waals surface area contributed by atoms with E-state index in [4.69, 9.17) is 5.53 Å². The van der Waals surface area contributed by atoms with Crippen LogP contribution in [0.5, 0.6) is 0 Å². The van der Waals surface area contributed by atoms with Gasteiger partial charge in [-0.25, -0.2) is 4.79 Å². The Kier molecular flexibility index (Phi) is 6.70. The van der Waals surface area contributed by atoms with Crippen LogP contribution in [-0.2, 0) is 14.3 Å². The number of thiol groups is 1. The molecule has 78 valence electrons. The Bertz CT molecular complexity index is 272. The van der Waals surface area contributed by atoms with Crippen molar-refractivity contribution in [3.05, 3.63) is 5.53 Å². The molecule has 0 fully saturated rings. The lowest BCUT2D eigenvalue weighted by Gasteiger charge is -1.96. The van der Waals surface area contributed by atoms with Crippen molar-refractivity contribution < 1.29 is 19.1 Å². The highest BCUT2D eigenvalue weighted by atomic mass is 32.1. The predicted octanol–water partition coefficient (Wildman–Crippen LogP) is 0.499. The molecule has 6 heteroatoms. The molecule has 0 aliphatic rings. The third-order valence-corrected chi connectivity index (χ3v) is 1.71. The zero-order valence-corrected chi connectivity index (χ0v) is 8.79. The van der Waals surface area contributed by atoms with E-state index in [9.17, 15) is 9.59 Å². The first-order chi connectivity index (χ1) is 6.67. The van der Waals surface area contributed by atoms with Crippen LogP contribution in [0.2, 0.25) is 0 Å². The molecule has 5 nitrogen and oxygen atoms in total. The van der Waals surface area contributed by atoms with Crippen LogP contribution in [0, 0.1) is 0 Å². The third-order valence-electron chi connectivity index (χ3n) is 1.39. The average Bonchev–Trinajstić information content (AvgIpc) is 2.16. The second kappa shape index (κ2) is 7.29. The molecule has 0 bridgehead atoms. The summed E-state index contributed by atoms with van der Waals surface area (Å²) in [7, 11) is 0. The van der Waals surface area contributed by atoms with E-state index in [1.54, 1.807) is 6.92 Å². The van der Waals surface area contributed by atoms with E-state index < -0.39 is 17.5 Å².